The average Bonchev–Trinajstić information content (AvgIpc) is 3.04. The van der Waals surface area contributed by atoms with Gasteiger partial charge in [0, 0.05) is 18.1 Å². The average molecular weight is 413 g/mol. The quantitative estimate of drug-likeness (QED) is 0.559. The molecule has 0 bridgehead atoms. The fourth-order valence-electron chi connectivity index (χ4n) is 3.38. The molecule has 0 unspecified atom stereocenters. The van der Waals surface area contributed by atoms with E-state index in [-0.39, 0.29) is 24.1 Å². The largest absolute Gasteiger partial charge is 0.494 e. The molecule has 1 aliphatic heterocycles. The number of ether oxygens (including phenoxy) is 1. The van der Waals surface area contributed by atoms with E-state index in [4.69, 9.17) is 4.74 Å². The Morgan fingerprint density at radius 3 is 2.29 bits per heavy atom. The summed E-state index contributed by atoms with van der Waals surface area (Å²) in [5, 5.41) is 3.16. The van der Waals surface area contributed by atoms with Gasteiger partial charge in [-0.3, -0.25) is 19.5 Å². The summed E-state index contributed by atoms with van der Waals surface area (Å²) >= 11 is 0. The summed E-state index contributed by atoms with van der Waals surface area (Å²) in [4.78, 5) is 31.9. The molecule has 3 aromatic rings. The molecule has 2 aromatic carbocycles. The molecule has 0 atom stereocenters. The van der Waals surface area contributed by atoms with Crippen molar-refractivity contribution in [2.45, 2.75) is 19.9 Å². The lowest BCUT2D eigenvalue weighted by molar-refractivity contribution is -0.137. The van der Waals surface area contributed by atoms with E-state index >= 15 is 0 Å². The van der Waals surface area contributed by atoms with Crippen LogP contribution in [0.5, 0.6) is 5.75 Å². The molecule has 1 aliphatic rings. The Hall–Kier alpha value is -3.93. The number of nitrogens with zero attached hydrogens (tertiary/aromatic N) is 2. The molecule has 4 rings (SSSR count). The lowest BCUT2D eigenvalue weighted by Gasteiger charge is -2.15. The van der Waals surface area contributed by atoms with Crippen molar-refractivity contribution < 1.29 is 14.3 Å². The van der Waals surface area contributed by atoms with Crippen molar-refractivity contribution in [2.75, 3.05) is 11.9 Å². The first-order chi connectivity index (χ1) is 15.2. The van der Waals surface area contributed by atoms with E-state index in [1.807, 2.05) is 61.5 Å². The van der Waals surface area contributed by atoms with Crippen LogP contribution in [0, 0.1) is 0 Å². The summed E-state index contributed by atoms with van der Waals surface area (Å²) in [7, 11) is 0. The Labute approximate surface area is 181 Å². The van der Waals surface area contributed by atoms with E-state index in [1.54, 1.807) is 24.5 Å². The number of anilines is 1. The highest BCUT2D eigenvalue weighted by Crippen LogP contribution is 2.32. The molecule has 2 heterocycles. The summed E-state index contributed by atoms with van der Waals surface area (Å²) in [6.45, 7) is 2.85. The summed E-state index contributed by atoms with van der Waals surface area (Å²) < 4.78 is 5.64. The molecule has 6 heteroatoms. The Morgan fingerprint density at radius 1 is 0.903 bits per heavy atom. The summed E-state index contributed by atoms with van der Waals surface area (Å²) in [5.74, 6) is 0.0450. The smallest absolute Gasteiger partial charge is 0.278 e. The molecule has 0 radical (unpaired) electrons. The minimum absolute atomic E-state index is 0.182. The number of carbonyl (C=O) groups is 2. The fourth-order valence-corrected chi connectivity index (χ4v) is 3.38. The topological polar surface area (TPSA) is 71.5 Å². The molecule has 1 N–H and O–H groups in total. The van der Waals surface area contributed by atoms with Crippen molar-refractivity contribution in [1.29, 1.82) is 0 Å². The minimum atomic E-state index is -0.355. The van der Waals surface area contributed by atoms with E-state index in [1.165, 1.54) is 4.90 Å². The number of benzene rings is 2. The maximum absolute atomic E-state index is 13.3. The molecule has 0 spiro atoms. The van der Waals surface area contributed by atoms with E-state index < -0.39 is 0 Å². The van der Waals surface area contributed by atoms with E-state index in [2.05, 4.69) is 10.3 Å². The number of carbonyl (C=O) groups excluding carboxylic acids is 2. The van der Waals surface area contributed by atoms with Crippen LogP contribution in [0.3, 0.4) is 0 Å². The number of para-hydroxylation sites is 1. The molecule has 2 amide bonds. The van der Waals surface area contributed by atoms with Crippen molar-refractivity contribution in [3.05, 3.63) is 95.9 Å². The van der Waals surface area contributed by atoms with Gasteiger partial charge in [0.15, 0.2) is 0 Å². The summed E-state index contributed by atoms with van der Waals surface area (Å²) in [6.07, 6.45) is 4.20. The Kier molecular flexibility index (Phi) is 6.08. The normalized spacial score (nSPS) is 13.6. The fraction of sp³-hybridized carbons (Fsp3) is 0.160. The van der Waals surface area contributed by atoms with Crippen LogP contribution in [0.4, 0.5) is 5.69 Å². The van der Waals surface area contributed by atoms with Crippen LogP contribution < -0.4 is 10.1 Å². The highest BCUT2D eigenvalue weighted by Gasteiger charge is 2.39. The third-order valence-electron chi connectivity index (χ3n) is 4.92. The number of hydrogen-bond donors (Lipinski definition) is 1. The van der Waals surface area contributed by atoms with Crippen LogP contribution in [0.1, 0.15) is 24.5 Å². The second kappa shape index (κ2) is 9.26. The number of imide groups is 1. The standard InChI is InChI=1S/C25H23N3O3/c1-2-16-31-21-10-8-19(9-11-21)22-23(27-20-6-4-3-5-7-20)25(30)28(24(22)29)17-18-12-14-26-15-13-18/h3-15,27H,2,16-17H2,1H3. The molecule has 0 fully saturated rings. The van der Waals surface area contributed by atoms with E-state index in [9.17, 15) is 9.59 Å². The van der Waals surface area contributed by atoms with E-state index in [0.717, 1.165) is 23.4 Å². The zero-order chi connectivity index (χ0) is 21.6. The molecule has 6 nitrogen and oxygen atoms in total. The van der Waals surface area contributed by atoms with Gasteiger partial charge in [-0.2, -0.15) is 0 Å². The molecule has 0 saturated heterocycles. The van der Waals surface area contributed by atoms with E-state index in [0.29, 0.717) is 17.7 Å². The van der Waals surface area contributed by atoms with Crippen LogP contribution in [-0.4, -0.2) is 28.3 Å². The monoisotopic (exact) mass is 413 g/mol. The Bertz CT molecular complexity index is 1090. The Balaban J connectivity index is 1.69. The minimum Gasteiger partial charge on any atom is -0.494 e. The van der Waals surface area contributed by atoms with Crippen molar-refractivity contribution in [3.8, 4) is 5.75 Å². The van der Waals surface area contributed by atoms with Crippen LogP contribution >= 0.6 is 0 Å². The van der Waals surface area contributed by atoms with Gasteiger partial charge >= 0.3 is 0 Å². The summed E-state index contributed by atoms with van der Waals surface area (Å²) in [6, 6.07) is 20.2. The first-order valence-electron chi connectivity index (χ1n) is 10.2. The first-order valence-corrected chi connectivity index (χ1v) is 10.2. The third-order valence-corrected chi connectivity index (χ3v) is 4.92. The number of rotatable bonds is 8. The molecular weight excluding hydrogens is 390 g/mol. The lowest BCUT2D eigenvalue weighted by Crippen LogP contribution is -2.32. The zero-order valence-corrected chi connectivity index (χ0v) is 17.2. The van der Waals surface area contributed by atoms with Crippen LogP contribution in [-0.2, 0) is 16.1 Å². The predicted molar refractivity (Wildman–Crippen MR) is 119 cm³/mol. The second-order valence-corrected chi connectivity index (χ2v) is 7.17. The van der Waals surface area contributed by atoms with Gasteiger partial charge in [0.2, 0.25) is 0 Å². The second-order valence-electron chi connectivity index (χ2n) is 7.17. The van der Waals surface area contributed by atoms with Crippen LogP contribution in [0.2, 0.25) is 0 Å². The maximum Gasteiger partial charge on any atom is 0.278 e. The van der Waals surface area contributed by atoms with Gasteiger partial charge in [-0.25, -0.2) is 0 Å². The number of nitrogens with one attached hydrogen (secondary N) is 1. The molecular formula is C25H23N3O3. The van der Waals surface area contributed by atoms with Gasteiger partial charge in [-0.15, -0.1) is 0 Å². The number of aromatic nitrogens is 1. The van der Waals surface area contributed by atoms with Gasteiger partial charge in [0.05, 0.1) is 18.7 Å². The first kappa shape index (κ1) is 20.3. The van der Waals surface area contributed by atoms with Crippen LogP contribution in [0.25, 0.3) is 5.57 Å². The van der Waals surface area contributed by atoms with Gasteiger partial charge < -0.3 is 10.1 Å². The van der Waals surface area contributed by atoms with Crippen molar-refractivity contribution in [3.63, 3.8) is 0 Å². The molecule has 0 saturated carbocycles. The highest BCUT2D eigenvalue weighted by atomic mass is 16.5. The van der Waals surface area contributed by atoms with Crippen molar-refractivity contribution in [1.82, 2.24) is 9.88 Å². The van der Waals surface area contributed by atoms with Gasteiger partial charge in [-0.05, 0) is 53.9 Å². The van der Waals surface area contributed by atoms with Gasteiger partial charge in [0.1, 0.15) is 11.4 Å². The van der Waals surface area contributed by atoms with Gasteiger partial charge in [0.25, 0.3) is 11.8 Å². The number of pyridine rings is 1. The molecule has 0 aliphatic carbocycles. The number of hydrogen-bond acceptors (Lipinski definition) is 5. The Morgan fingerprint density at radius 2 is 1.61 bits per heavy atom. The molecule has 1 aromatic heterocycles. The van der Waals surface area contributed by atoms with Crippen molar-refractivity contribution in [2.24, 2.45) is 0 Å². The van der Waals surface area contributed by atoms with Crippen molar-refractivity contribution >= 4 is 23.1 Å². The zero-order valence-electron chi connectivity index (χ0n) is 17.2. The van der Waals surface area contributed by atoms with Gasteiger partial charge in [-0.1, -0.05) is 37.3 Å². The third kappa shape index (κ3) is 4.48. The van der Waals surface area contributed by atoms with Crippen LogP contribution in [0.15, 0.2) is 84.8 Å². The number of amides is 2. The molecule has 31 heavy (non-hydrogen) atoms. The highest BCUT2D eigenvalue weighted by molar-refractivity contribution is 6.36. The maximum atomic E-state index is 13.3. The SMILES string of the molecule is CCCOc1ccc(C2=C(Nc3ccccc3)C(=O)N(Cc3ccncc3)C2=O)cc1. The summed E-state index contributed by atoms with van der Waals surface area (Å²) in [5.41, 5.74) is 2.86. The lowest BCUT2D eigenvalue weighted by atomic mass is 10.0. The molecule has 156 valence electrons. The predicted octanol–water partition coefficient (Wildman–Crippen LogP) is 4.26.